The Bertz CT molecular complexity index is 865. The number of hydrogen-bond acceptors (Lipinski definition) is 3. The predicted molar refractivity (Wildman–Crippen MR) is 98.5 cm³/mol. The van der Waals surface area contributed by atoms with Gasteiger partial charge >= 0.3 is 0 Å². The van der Waals surface area contributed by atoms with Gasteiger partial charge in [0.15, 0.2) is 0 Å². The molecular formula is C19H21ClFN3O3. The average Bonchev–Trinajstić information content (AvgIpc) is 3.16. The molecule has 0 bridgehead atoms. The lowest BCUT2D eigenvalue weighted by atomic mass is 10.0. The van der Waals surface area contributed by atoms with Crippen LogP contribution in [0.3, 0.4) is 0 Å². The normalized spacial score (nSPS) is 20.8. The molecule has 1 aromatic carbocycles. The molecule has 27 heavy (non-hydrogen) atoms. The van der Waals surface area contributed by atoms with Gasteiger partial charge in [0, 0.05) is 35.9 Å². The number of hydrogen-bond donors (Lipinski definition) is 3. The van der Waals surface area contributed by atoms with Gasteiger partial charge in [0.05, 0.1) is 6.04 Å². The van der Waals surface area contributed by atoms with Gasteiger partial charge in [0.2, 0.25) is 5.60 Å². The average molecular weight is 394 g/mol. The summed E-state index contributed by atoms with van der Waals surface area (Å²) in [5.41, 5.74) is 0.104. The van der Waals surface area contributed by atoms with Crippen LogP contribution in [-0.2, 0) is 16.1 Å². The van der Waals surface area contributed by atoms with Crippen molar-refractivity contribution in [1.29, 1.82) is 0 Å². The molecule has 3 rings (SSSR count). The van der Waals surface area contributed by atoms with Crippen LogP contribution < -0.4 is 5.32 Å². The van der Waals surface area contributed by atoms with Gasteiger partial charge in [-0.3, -0.25) is 9.59 Å². The number of H-pyrrole nitrogens is 1. The Morgan fingerprint density at radius 3 is 2.81 bits per heavy atom. The van der Waals surface area contributed by atoms with E-state index in [2.05, 4.69) is 10.3 Å². The first-order valence-corrected chi connectivity index (χ1v) is 9.01. The molecule has 8 heteroatoms. The van der Waals surface area contributed by atoms with Gasteiger partial charge in [-0.05, 0) is 49.7 Å². The minimum Gasteiger partial charge on any atom is -0.372 e. The first kappa shape index (κ1) is 19.4. The third kappa shape index (κ3) is 3.84. The highest BCUT2D eigenvalue weighted by Crippen LogP contribution is 2.31. The number of nitrogens with zero attached hydrogens (tertiary/aromatic N) is 1. The van der Waals surface area contributed by atoms with E-state index < -0.39 is 23.2 Å². The minimum atomic E-state index is -2.13. The highest BCUT2D eigenvalue weighted by Gasteiger charge is 2.52. The first-order chi connectivity index (χ1) is 12.7. The fraction of sp³-hybridized carbons (Fsp3) is 0.368. The second-order valence-electron chi connectivity index (χ2n) is 6.84. The zero-order valence-electron chi connectivity index (χ0n) is 15.1. The van der Waals surface area contributed by atoms with Gasteiger partial charge in [-0.15, -0.1) is 0 Å². The van der Waals surface area contributed by atoms with Crippen molar-refractivity contribution in [1.82, 2.24) is 15.2 Å². The number of aliphatic hydroxyl groups is 1. The van der Waals surface area contributed by atoms with E-state index >= 15 is 0 Å². The molecule has 144 valence electrons. The number of halogens is 2. The maximum atomic E-state index is 13.4. The lowest BCUT2D eigenvalue weighted by Gasteiger charge is -2.26. The third-order valence-corrected chi connectivity index (χ3v) is 5.07. The number of aromatic nitrogens is 1. The van der Waals surface area contributed by atoms with Gasteiger partial charge in [-0.1, -0.05) is 11.6 Å². The lowest BCUT2D eigenvalue weighted by molar-refractivity contribution is -0.155. The molecule has 2 atom stereocenters. The van der Waals surface area contributed by atoms with E-state index in [-0.39, 0.29) is 30.6 Å². The van der Waals surface area contributed by atoms with Crippen LogP contribution in [0, 0.1) is 12.7 Å². The van der Waals surface area contributed by atoms with Crippen molar-refractivity contribution in [3.05, 3.63) is 58.1 Å². The van der Waals surface area contributed by atoms with Crippen molar-refractivity contribution in [2.75, 3.05) is 6.54 Å². The van der Waals surface area contributed by atoms with Gasteiger partial charge in [-0.2, -0.15) is 0 Å². The molecular weight excluding hydrogens is 373 g/mol. The second kappa shape index (κ2) is 7.32. The number of nitrogens with one attached hydrogen (secondary N) is 2. The van der Waals surface area contributed by atoms with Crippen molar-refractivity contribution in [2.24, 2.45) is 0 Å². The Hall–Kier alpha value is -2.38. The summed E-state index contributed by atoms with van der Waals surface area (Å²) in [6.45, 7) is 3.96. The third-order valence-electron chi connectivity index (χ3n) is 4.85. The van der Waals surface area contributed by atoms with Crippen molar-refractivity contribution in [3.8, 4) is 0 Å². The number of carbonyl (C=O) groups is 2. The molecule has 3 N–H and O–H groups in total. The van der Waals surface area contributed by atoms with Crippen molar-refractivity contribution in [3.63, 3.8) is 0 Å². The smallest absolute Gasteiger partial charge is 0.265 e. The largest absolute Gasteiger partial charge is 0.372 e. The van der Waals surface area contributed by atoms with Gasteiger partial charge in [0.1, 0.15) is 5.82 Å². The number of aromatic amines is 1. The first-order valence-electron chi connectivity index (χ1n) is 8.63. The lowest BCUT2D eigenvalue weighted by Crippen LogP contribution is -2.52. The Morgan fingerprint density at radius 1 is 1.44 bits per heavy atom. The molecule has 1 saturated heterocycles. The Kier molecular flexibility index (Phi) is 5.26. The SMILES string of the molecule is Cc1ccc(C(C)N2CCC(O)(C(=O)NCc3cc(F)cc(Cl)c3)C2=O)[nH]1. The zero-order valence-corrected chi connectivity index (χ0v) is 15.8. The number of rotatable bonds is 5. The molecule has 0 spiro atoms. The van der Waals surface area contributed by atoms with Crippen molar-refractivity contribution < 1.29 is 19.1 Å². The number of benzene rings is 1. The molecule has 2 aromatic rings. The van der Waals surface area contributed by atoms with E-state index in [0.29, 0.717) is 5.56 Å². The van der Waals surface area contributed by atoms with E-state index in [1.807, 2.05) is 26.0 Å². The van der Waals surface area contributed by atoms with E-state index in [4.69, 9.17) is 11.6 Å². The molecule has 6 nitrogen and oxygen atoms in total. The molecule has 0 saturated carbocycles. The molecule has 1 aromatic heterocycles. The van der Waals surface area contributed by atoms with Crippen LogP contribution in [0.15, 0.2) is 30.3 Å². The minimum absolute atomic E-state index is 0.00833. The maximum absolute atomic E-state index is 13.4. The maximum Gasteiger partial charge on any atom is 0.265 e. The molecule has 2 heterocycles. The molecule has 1 fully saturated rings. The Labute approximate surface area is 161 Å². The predicted octanol–water partition coefficient (Wildman–Crippen LogP) is 2.46. The summed E-state index contributed by atoms with van der Waals surface area (Å²) < 4.78 is 13.4. The van der Waals surface area contributed by atoms with Crippen LogP contribution >= 0.6 is 11.6 Å². The van der Waals surface area contributed by atoms with Gasteiger partial charge < -0.3 is 20.3 Å². The Balaban J connectivity index is 1.68. The van der Waals surface area contributed by atoms with Crippen LogP contribution in [0.4, 0.5) is 4.39 Å². The summed E-state index contributed by atoms with van der Waals surface area (Å²) in [5.74, 6) is -1.97. The van der Waals surface area contributed by atoms with E-state index in [1.165, 1.54) is 17.0 Å². The molecule has 2 amide bonds. The molecule has 1 aliphatic heterocycles. The molecule has 1 aliphatic rings. The monoisotopic (exact) mass is 393 g/mol. The van der Waals surface area contributed by atoms with E-state index in [0.717, 1.165) is 17.5 Å². The Morgan fingerprint density at radius 2 is 2.19 bits per heavy atom. The summed E-state index contributed by atoms with van der Waals surface area (Å²) in [4.78, 5) is 29.9. The van der Waals surface area contributed by atoms with E-state index in [9.17, 15) is 19.1 Å². The van der Waals surface area contributed by atoms with Crippen LogP contribution in [0.2, 0.25) is 5.02 Å². The van der Waals surface area contributed by atoms with Crippen LogP contribution in [0.25, 0.3) is 0 Å². The highest BCUT2D eigenvalue weighted by molar-refractivity contribution is 6.30. The molecule has 0 aliphatic carbocycles. The highest BCUT2D eigenvalue weighted by atomic mass is 35.5. The number of aryl methyl sites for hydroxylation is 1. The summed E-state index contributed by atoms with van der Waals surface area (Å²) in [6.07, 6.45) is -0.00833. The zero-order chi connectivity index (χ0) is 19.8. The second-order valence-corrected chi connectivity index (χ2v) is 7.28. The summed E-state index contributed by atoms with van der Waals surface area (Å²) >= 11 is 5.79. The van der Waals surface area contributed by atoms with Crippen LogP contribution in [-0.4, -0.2) is 39.0 Å². The van der Waals surface area contributed by atoms with Crippen molar-refractivity contribution in [2.45, 2.75) is 38.5 Å². The quantitative estimate of drug-likeness (QED) is 0.682. The summed E-state index contributed by atoms with van der Waals surface area (Å²) in [6, 6.07) is 7.37. The van der Waals surface area contributed by atoms with Crippen molar-refractivity contribution >= 4 is 23.4 Å². The molecule has 0 radical (unpaired) electrons. The number of carbonyl (C=O) groups excluding carboxylic acids is 2. The standard InChI is InChI=1S/C19H21ClFN3O3/c1-11-3-4-16(23-11)12(2)24-6-5-19(27,18(24)26)17(25)22-10-13-7-14(20)9-15(21)8-13/h3-4,7-9,12,23,27H,5-6,10H2,1-2H3,(H,22,25). The summed E-state index contributed by atoms with van der Waals surface area (Å²) in [5, 5.41) is 13.4. The van der Waals surface area contributed by atoms with Crippen LogP contribution in [0.1, 0.15) is 36.3 Å². The van der Waals surface area contributed by atoms with Gasteiger partial charge in [-0.25, -0.2) is 4.39 Å². The van der Waals surface area contributed by atoms with Crippen LogP contribution in [0.5, 0.6) is 0 Å². The fourth-order valence-corrected chi connectivity index (χ4v) is 3.53. The number of likely N-dealkylation sites (tertiary alicyclic amines) is 1. The fourth-order valence-electron chi connectivity index (χ4n) is 3.29. The number of amides is 2. The van der Waals surface area contributed by atoms with Gasteiger partial charge in [0.25, 0.3) is 11.8 Å². The topological polar surface area (TPSA) is 85.4 Å². The van der Waals surface area contributed by atoms with E-state index in [1.54, 1.807) is 0 Å². The summed E-state index contributed by atoms with van der Waals surface area (Å²) in [7, 11) is 0. The molecule has 2 unspecified atom stereocenters.